The minimum absolute atomic E-state index is 0.0571. The number of aromatic nitrogens is 1. The molecule has 0 unspecified atom stereocenters. The van der Waals surface area contributed by atoms with Gasteiger partial charge in [-0.25, -0.2) is 4.98 Å². The smallest absolute Gasteiger partial charge is 0.254 e. The van der Waals surface area contributed by atoms with Gasteiger partial charge in [0.25, 0.3) is 5.91 Å². The summed E-state index contributed by atoms with van der Waals surface area (Å²) in [5, 5.41) is 4.31. The Balaban J connectivity index is 1.69. The quantitative estimate of drug-likeness (QED) is 0.763. The van der Waals surface area contributed by atoms with Crippen molar-refractivity contribution in [1.82, 2.24) is 15.2 Å². The average molecular weight is 372 g/mol. The number of benzene rings is 1. The fourth-order valence-electron chi connectivity index (χ4n) is 3.49. The molecule has 1 fully saturated rings. The SMILES string of the molecule is COc1ccc2c(c1)C(=O)N(C[C@@]1(c3csc(N)n3)CC(=O)NC1=O)C2. The molecular formula is C17H16N4O4S. The first-order chi connectivity index (χ1) is 12.4. The Morgan fingerprint density at radius 3 is 2.81 bits per heavy atom. The molecule has 134 valence electrons. The van der Waals surface area contributed by atoms with E-state index < -0.39 is 11.3 Å². The van der Waals surface area contributed by atoms with Crippen LogP contribution in [0.15, 0.2) is 23.6 Å². The lowest BCUT2D eigenvalue weighted by atomic mass is 9.82. The van der Waals surface area contributed by atoms with Crippen LogP contribution in [0.2, 0.25) is 0 Å². The molecule has 1 aromatic carbocycles. The van der Waals surface area contributed by atoms with Crippen LogP contribution in [-0.2, 0) is 21.5 Å². The number of amides is 3. The van der Waals surface area contributed by atoms with Gasteiger partial charge < -0.3 is 15.4 Å². The Bertz CT molecular complexity index is 941. The Kier molecular flexibility index (Phi) is 3.69. The molecule has 3 N–H and O–H groups in total. The number of hydrogen-bond acceptors (Lipinski definition) is 7. The lowest BCUT2D eigenvalue weighted by Crippen LogP contribution is -2.46. The molecule has 1 saturated heterocycles. The Labute approximate surface area is 153 Å². The van der Waals surface area contributed by atoms with Crippen molar-refractivity contribution in [3.8, 4) is 5.75 Å². The second kappa shape index (κ2) is 5.80. The van der Waals surface area contributed by atoms with E-state index in [1.165, 1.54) is 18.4 Å². The van der Waals surface area contributed by atoms with Crippen molar-refractivity contribution < 1.29 is 19.1 Å². The van der Waals surface area contributed by atoms with Crippen LogP contribution in [0.5, 0.6) is 5.75 Å². The van der Waals surface area contributed by atoms with Gasteiger partial charge >= 0.3 is 0 Å². The standard InChI is InChI=1S/C17H16N4O4S/c1-25-10-3-2-9-6-21(14(23)11(9)4-10)8-17(5-13(22)20-15(17)24)12-7-26-16(18)19-12/h2-4,7H,5-6,8H2,1H3,(H2,18,19)(H,20,22,24)/t17-/m1/s1. The predicted octanol–water partition coefficient (Wildman–Crippen LogP) is 0.674. The second-order valence-electron chi connectivity index (χ2n) is 6.39. The van der Waals surface area contributed by atoms with Gasteiger partial charge in [-0.2, -0.15) is 0 Å². The molecule has 9 heteroatoms. The number of nitrogens with one attached hydrogen (secondary N) is 1. The van der Waals surface area contributed by atoms with E-state index in [4.69, 9.17) is 10.5 Å². The van der Waals surface area contributed by atoms with Crippen molar-refractivity contribution in [2.24, 2.45) is 0 Å². The van der Waals surface area contributed by atoms with Crippen LogP contribution in [0.4, 0.5) is 5.13 Å². The van der Waals surface area contributed by atoms with Crippen LogP contribution in [0.3, 0.4) is 0 Å². The van der Waals surface area contributed by atoms with E-state index in [0.29, 0.717) is 28.7 Å². The number of anilines is 1. The summed E-state index contributed by atoms with van der Waals surface area (Å²) in [5.74, 6) is -0.440. The molecule has 2 aliphatic heterocycles. The predicted molar refractivity (Wildman–Crippen MR) is 93.7 cm³/mol. The Morgan fingerprint density at radius 1 is 1.38 bits per heavy atom. The molecule has 0 bridgehead atoms. The number of nitrogen functional groups attached to an aromatic ring is 1. The highest BCUT2D eigenvalue weighted by atomic mass is 32.1. The number of hydrogen-bond donors (Lipinski definition) is 2. The topological polar surface area (TPSA) is 115 Å². The highest BCUT2D eigenvalue weighted by Gasteiger charge is 2.52. The number of nitrogens with zero attached hydrogens (tertiary/aromatic N) is 2. The molecule has 2 aromatic rings. The van der Waals surface area contributed by atoms with Crippen molar-refractivity contribution in [2.45, 2.75) is 18.4 Å². The fraction of sp³-hybridized carbons (Fsp3) is 0.294. The molecule has 1 aromatic heterocycles. The number of nitrogens with two attached hydrogens (primary N) is 1. The number of ether oxygens (including phenoxy) is 1. The van der Waals surface area contributed by atoms with Crippen molar-refractivity contribution in [3.63, 3.8) is 0 Å². The summed E-state index contributed by atoms with van der Waals surface area (Å²) in [7, 11) is 1.54. The van der Waals surface area contributed by atoms with Gasteiger partial charge in [-0.1, -0.05) is 6.07 Å². The van der Waals surface area contributed by atoms with E-state index >= 15 is 0 Å². The van der Waals surface area contributed by atoms with Crippen LogP contribution in [0.25, 0.3) is 0 Å². The molecule has 0 aliphatic carbocycles. The lowest BCUT2D eigenvalue weighted by molar-refractivity contribution is -0.126. The number of methoxy groups -OCH3 is 1. The van der Waals surface area contributed by atoms with Crippen LogP contribution < -0.4 is 15.8 Å². The van der Waals surface area contributed by atoms with Crippen molar-refractivity contribution in [1.29, 1.82) is 0 Å². The first-order valence-electron chi connectivity index (χ1n) is 7.95. The molecule has 1 atom stereocenters. The number of fused-ring (bicyclic) bond motifs is 1. The summed E-state index contributed by atoms with van der Waals surface area (Å²) in [6.45, 7) is 0.421. The molecule has 0 radical (unpaired) electrons. The number of carbonyl (C=O) groups excluding carboxylic acids is 3. The van der Waals surface area contributed by atoms with Gasteiger partial charge in [0.05, 0.1) is 12.8 Å². The van der Waals surface area contributed by atoms with Crippen molar-refractivity contribution >= 4 is 34.2 Å². The van der Waals surface area contributed by atoms with E-state index in [1.54, 1.807) is 22.4 Å². The van der Waals surface area contributed by atoms with Gasteiger partial charge in [0, 0.05) is 30.5 Å². The zero-order valence-electron chi connectivity index (χ0n) is 13.9. The van der Waals surface area contributed by atoms with E-state index in [0.717, 1.165) is 5.56 Å². The Hall–Kier alpha value is -2.94. The summed E-state index contributed by atoms with van der Waals surface area (Å²) in [5.41, 5.74) is 6.32. The average Bonchev–Trinajstić information content (AvgIpc) is 3.26. The zero-order chi connectivity index (χ0) is 18.5. The van der Waals surface area contributed by atoms with Crippen LogP contribution >= 0.6 is 11.3 Å². The number of rotatable bonds is 4. The van der Waals surface area contributed by atoms with Crippen molar-refractivity contribution in [2.75, 3.05) is 19.4 Å². The molecule has 0 saturated carbocycles. The van der Waals surface area contributed by atoms with Crippen LogP contribution in [0, 0.1) is 0 Å². The zero-order valence-corrected chi connectivity index (χ0v) is 14.8. The lowest BCUT2D eigenvalue weighted by Gasteiger charge is -2.29. The van der Waals surface area contributed by atoms with Crippen LogP contribution in [0.1, 0.15) is 28.0 Å². The third kappa shape index (κ3) is 2.43. The molecule has 3 amide bonds. The van der Waals surface area contributed by atoms with E-state index in [9.17, 15) is 14.4 Å². The monoisotopic (exact) mass is 372 g/mol. The van der Waals surface area contributed by atoms with Crippen molar-refractivity contribution in [3.05, 3.63) is 40.4 Å². The van der Waals surface area contributed by atoms with Gasteiger partial charge in [0.15, 0.2) is 5.13 Å². The summed E-state index contributed by atoms with van der Waals surface area (Å²) in [4.78, 5) is 43.1. The molecule has 26 heavy (non-hydrogen) atoms. The first-order valence-corrected chi connectivity index (χ1v) is 8.83. The first kappa shape index (κ1) is 16.5. The third-order valence-electron chi connectivity index (χ3n) is 4.82. The molecule has 8 nitrogen and oxygen atoms in total. The normalized spacial score (nSPS) is 21.9. The van der Waals surface area contributed by atoms with Gasteiger partial charge in [-0.15, -0.1) is 11.3 Å². The van der Waals surface area contributed by atoms with Gasteiger partial charge in [-0.3, -0.25) is 19.7 Å². The molecular weight excluding hydrogens is 356 g/mol. The third-order valence-corrected chi connectivity index (χ3v) is 5.49. The fourth-order valence-corrected chi connectivity index (χ4v) is 4.15. The maximum atomic E-state index is 12.8. The number of carbonyl (C=O) groups is 3. The summed E-state index contributed by atoms with van der Waals surface area (Å²) < 4.78 is 5.18. The minimum atomic E-state index is -1.22. The van der Waals surface area contributed by atoms with E-state index in [2.05, 4.69) is 10.3 Å². The largest absolute Gasteiger partial charge is 0.497 e. The van der Waals surface area contributed by atoms with E-state index in [1.807, 2.05) is 6.07 Å². The van der Waals surface area contributed by atoms with E-state index in [-0.39, 0.29) is 24.8 Å². The summed E-state index contributed by atoms with van der Waals surface area (Å²) >= 11 is 1.20. The van der Waals surface area contributed by atoms with Gasteiger partial charge in [0.1, 0.15) is 11.2 Å². The van der Waals surface area contributed by atoms with Gasteiger partial charge in [-0.05, 0) is 17.7 Å². The van der Waals surface area contributed by atoms with Crippen LogP contribution in [-0.4, -0.2) is 41.3 Å². The Morgan fingerprint density at radius 2 is 2.19 bits per heavy atom. The number of imide groups is 1. The second-order valence-corrected chi connectivity index (χ2v) is 7.28. The highest BCUT2D eigenvalue weighted by Crippen LogP contribution is 2.37. The number of thiazole rings is 1. The molecule has 3 heterocycles. The summed E-state index contributed by atoms with van der Waals surface area (Å²) in [6.07, 6.45) is -0.0571. The molecule has 4 rings (SSSR count). The van der Waals surface area contributed by atoms with Gasteiger partial charge in [0.2, 0.25) is 11.8 Å². The maximum Gasteiger partial charge on any atom is 0.254 e. The summed E-state index contributed by atoms with van der Waals surface area (Å²) in [6, 6.07) is 5.31. The molecule has 2 aliphatic rings. The minimum Gasteiger partial charge on any atom is -0.497 e. The highest BCUT2D eigenvalue weighted by molar-refractivity contribution is 7.13. The maximum absolute atomic E-state index is 12.8. The molecule has 0 spiro atoms.